The van der Waals surface area contributed by atoms with Crippen LogP contribution in [0.3, 0.4) is 0 Å². The number of nitrogens with zero attached hydrogens (tertiary/aromatic N) is 1. The van der Waals surface area contributed by atoms with Gasteiger partial charge in [0.2, 0.25) is 0 Å². The Kier molecular flexibility index (Phi) is 2.42. The summed E-state index contributed by atoms with van der Waals surface area (Å²) in [6.07, 6.45) is 4.67. The second-order valence-corrected chi connectivity index (χ2v) is 3.74. The molecule has 4 heteroatoms. The number of H-pyrrole nitrogens is 1. The van der Waals surface area contributed by atoms with Crippen LogP contribution in [0.2, 0.25) is 0 Å². The van der Waals surface area contributed by atoms with Crippen molar-refractivity contribution in [2.75, 3.05) is 0 Å². The first kappa shape index (κ1) is 8.84. The molecule has 1 aromatic heterocycles. The zero-order valence-corrected chi connectivity index (χ0v) is 8.28. The van der Waals surface area contributed by atoms with E-state index in [4.69, 9.17) is 18.0 Å². The van der Waals surface area contributed by atoms with Crippen molar-refractivity contribution in [3.05, 3.63) is 21.7 Å². The van der Waals surface area contributed by atoms with E-state index in [1.54, 1.807) is 0 Å². The van der Waals surface area contributed by atoms with Crippen molar-refractivity contribution in [2.45, 2.75) is 32.2 Å². The zero-order valence-electron chi connectivity index (χ0n) is 7.47. The number of aromatic amines is 1. The number of nitrogens with one attached hydrogen (secondary N) is 1. The van der Waals surface area contributed by atoms with Gasteiger partial charge in [0, 0.05) is 12.2 Å². The van der Waals surface area contributed by atoms with Crippen LogP contribution in [-0.4, -0.2) is 9.97 Å². The third kappa shape index (κ3) is 1.64. The van der Waals surface area contributed by atoms with Gasteiger partial charge in [0.05, 0.1) is 5.69 Å². The Balaban J connectivity index is 2.57. The van der Waals surface area contributed by atoms with Crippen molar-refractivity contribution in [2.24, 2.45) is 5.73 Å². The minimum Gasteiger partial charge on any atom is -0.334 e. The van der Waals surface area contributed by atoms with Crippen molar-refractivity contribution in [3.63, 3.8) is 0 Å². The fraction of sp³-hybridized carbons (Fsp3) is 0.556. The summed E-state index contributed by atoms with van der Waals surface area (Å²) in [7, 11) is 0. The molecule has 3 nitrogen and oxygen atoms in total. The van der Waals surface area contributed by atoms with E-state index in [2.05, 4.69) is 9.97 Å². The number of rotatable bonds is 1. The molecule has 0 fully saturated rings. The molecule has 70 valence electrons. The average molecular weight is 195 g/mol. The predicted molar refractivity (Wildman–Crippen MR) is 54.0 cm³/mol. The van der Waals surface area contributed by atoms with Crippen molar-refractivity contribution in [1.29, 1.82) is 0 Å². The third-order valence-corrected chi connectivity index (χ3v) is 2.70. The summed E-state index contributed by atoms with van der Waals surface area (Å²) in [6, 6.07) is 0. The highest BCUT2D eigenvalue weighted by atomic mass is 32.1. The van der Waals surface area contributed by atoms with Crippen molar-refractivity contribution in [3.8, 4) is 0 Å². The number of fused-ring (bicyclic) bond motifs is 1. The Morgan fingerprint density at radius 1 is 1.38 bits per heavy atom. The molecule has 1 aliphatic carbocycles. The average Bonchev–Trinajstić information content (AvgIpc) is 2.16. The number of aromatic nitrogens is 2. The maximum absolute atomic E-state index is 5.62. The molecule has 1 aromatic rings. The molecule has 2 rings (SSSR count). The minimum absolute atomic E-state index is 0.501. The Bertz CT molecular complexity index is 349. The van der Waals surface area contributed by atoms with Crippen LogP contribution in [0.5, 0.6) is 0 Å². The zero-order chi connectivity index (χ0) is 9.26. The van der Waals surface area contributed by atoms with Crippen LogP contribution in [0, 0.1) is 4.77 Å². The smallest absolute Gasteiger partial charge is 0.197 e. The second-order valence-electron chi connectivity index (χ2n) is 3.36. The topological polar surface area (TPSA) is 54.7 Å². The van der Waals surface area contributed by atoms with E-state index >= 15 is 0 Å². The van der Waals surface area contributed by atoms with Crippen molar-refractivity contribution < 1.29 is 0 Å². The van der Waals surface area contributed by atoms with E-state index in [1.807, 2.05) is 0 Å². The first-order valence-electron chi connectivity index (χ1n) is 4.62. The molecule has 0 radical (unpaired) electrons. The summed E-state index contributed by atoms with van der Waals surface area (Å²) < 4.78 is 0.570. The Hall–Kier alpha value is -0.740. The van der Waals surface area contributed by atoms with Gasteiger partial charge in [0.15, 0.2) is 4.77 Å². The molecule has 1 heterocycles. The predicted octanol–water partition coefficient (Wildman–Crippen LogP) is 1.48. The molecule has 0 saturated heterocycles. The molecule has 3 N–H and O–H groups in total. The molecule has 0 aromatic carbocycles. The Morgan fingerprint density at radius 3 is 2.92 bits per heavy atom. The number of aryl methyl sites for hydroxylation is 1. The second kappa shape index (κ2) is 3.55. The summed E-state index contributed by atoms with van der Waals surface area (Å²) in [6.45, 7) is 0.501. The molecule has 1 aliphatic rings. The highest BCUT2D eigenvalue weighted by Gasteiger charge is 2.13. The van der Waals surface area contributed by atoms with Gasteiger partial charge in [-0.2, -0.15) is 0 Å². The molecule has 0 atom stereocenters. The highest BCUT2D eigenvalue weighted by molar-refractivity contribution is 7.71. The lowest BCUT2D eigenvalue weighted by atomic mass is 9.95. The Morgan fingerprint density at radius 2 is 2.15 bits per heavy atom. The maximum Gasteiger partial charge on any atom is 0.197 e. The van der Waals surface area contributed by atoms with Crippen molar-refractivity contribution >= 4 is 12.2 Å². The van der Waals surface area contributed by atoms with Crippen LogP contribution in [0.25, 0.3) is 0 Å². The lowest BCUT2D eigenvalue weighted by Gasteiger charge is -2.17. The normalized spacial score (nSPS) is 15.5. The molecule has 13 heavy (non-hydrogen) atoms. The van der Waals surface area contributed by atoms with E-state index in [-0.39, 0.29) is 0 Å². The summed E-state index contributed by atoms with van der Waals surface area (Å²) >= 11 is 5.03. The summed E-state index contributed by atoms with van der Waals surface area (Å²) in [4.78, 5) is 7.39. The molecule has 0 unspecified atom stereocenters. The van der Waals surface area contributed by atoms with E-state index in [0.29, 0.717) is 11.3 Å². The SMILES string of the molecule is NCc1nc(=S)[nH]c2c1CCCC2. The van der Waals surface area contributed by atoms with E-state index in [9.17, 15) is 0 Å². The van der Waals surface area contributed by atoms with Gasteiger partial charge in [-0.25, -0.2) is 4.98 Å². The van der Waals surface area contributed by atoms with Gasteiger partial charge in [-0.15, -0.1) is 0 Å². The van der Waals surface area contributed by atoms with Gasteiger partial charge in [-0.1, -0.05) is 0 Å². The standard InChI is InChI=1S/C9H13N3S/c10-5-8-6-3-1-2-4-7(6)11-9(13)12-8/h1-5,10H2,(H,11,12,13). The number of nitrogens with two attached hydrogens (primary N) is 1. The van der Waals surface area contributed by atoms with Gasteiger partial charge in [-0.3, -0.25) is 0 Å². The molecule has 0 spiro atoms. The monoisotopic (exact) mass is 195 g/mol. The van der Waals surface area contributed by atoms with Crippen LogP contribution >= 0.6 is 12.2 Å². The maximum atomic E-state index is 5.62. The lowest BCUT2D eigenvalue weighted by molar-refractivity contribution is 0.649. The van der Waals surface area contributed by atoms with Crippen LogP contribution in [0.4, 0.5) is 0 Å². The van der Waals surface area contributed by atoms with Crippen LogP contribution in [0.15, 0.2) is 0 Å². The fourth-order valence-electron chi connectivity index (χ4n) is 1.88. The highest BCUT2D eigenvalue weighted by Crippen LogP contribution is 2.20. The van der Waals surface area contributed by atoms with Gasteiger partial charge >= 0.3 is 0 Å². The van der Waals surface area contributed by atoms with Crippen LogP contribution < -0.4 is 5.73 Å². The van der Waals surface area contributed by atoms with E-state index in [0.717, 1.165) is 18.5 Å². The molecule has 0 bridgehead atoms. The van der Waals surface area contributed by atoms with Crippen LogP contribution in [0.1, 0.15) is 29.8 Å². The molecule has 0 aliphatic heterocycles. The van der Waals surface area contributed by atoms with Gasteiger partial charge in [0.25, 0.3) is 0 Å². The van der Waals surface area contributed by atoms with Gasteiger partial charge < -0.3 is 10.7 Å². The Labute approximate surface area is 82.4 Å². The lowest BCUT2D eigenvalue weighted by Crippen LogP contribution is -2.13. The van der Waals surface area contributed by atoms with Gasteiger partial charge in [0.1, 0.15) is 0 Å². The summed E-state index contributed by atoms with van der Waals surface area (Å²) in [5.74, 6) is 0. The minimum atomic E-state index is 0.501. The quantitative estimate of drug-likeness (QED) is 0.667. The third-order valence-electron chi connectivity index (χ3n) is 2.50. The fourth-order valence-corrected chi connectivity index (χ4v) is 2.11. The van der Waals surface area contributed by atoms with E-state index < -0.39 is 0 Å². The number of hydrogen-bond donors (Lipinski definition) is 2. The first-order chi connectivity index (χ1) is 6.31. The summed E-state index contributed by atoms with van der Waals surface area (Å²) in [5, 5.41) is 0. The molecule has 0 saturated carbocycles. The van der Waals surface area contributed by atoms with Gasteiger partial charge in [-0.05, 0) is 43.5 Å². The van der Waals surface area contributed by atoms with E-state index in [1.165, 1.54) is 24.1 Å². The van der Waals surface area contributed by atoms with Crippen LogP contribution in [-0.2, 0) is 19.4 Å². The molecular formula is C9H13N3S. The largest absolute Gasteiger partial charge is 0.334 e. The van der Waals surface area contributed by atoms with Crippen molar-refractivity contribution in [1.82, 2.24) is 9.97 Å². The first-order valence-corrected chi connectivity index (χ1v) is 5.03. The molecule has 0 amide bonds. The summed E-state index contributed by atoms with van der Waals surface area (Å²) in [5.41, 5.74) is 9.17. The molecular weight excluding hydrogens is 182 g/mol. The number of hydrogen-bond acceptors (Lipinski definition) is 3.